The quantitative estimate of drug-likeness (QED) is 0.609. The molecule has 1 aliphatic rings. The molecule has 8 heteroatoms. The van der Waals surface area contributed by atoms with Crippen LogP contribution in [0, 0.1) is 0 Å². The van der Waals surface area contributed by atoms with Gasteiger partial charge in [0.1, 0.15) is 5.75 Å². The van der Waals surface area contributed by atoms with Gasteiger partial charge in [0.15, 0.2) is 6.61 Å². The van der Waals surface area contributed by atoms with Gasteiger partial charge in [-0.3, -0.25) is 5.43 Å². The van der Waals surface area contributed by atoms with Gasteiger partial charge in [0.2, 0.25) is 0 Å². The fraction of sp³-hybridized carbons (Fsp3) is 0.400. The van der Waals surface area contributed by atoms with Gasteiger partial charge >= 0.3 is 6.18 Å². The van der Waals surface area contributed by atoms with Crippen molar-refractivity contribution in [3.05, 3.63) is 64.7 Å². The normalized spacial score (nSPS) is 17.8. The van der Waals surface area contributed by atoms with Crippen LogP contribution in [-0.4, -0.2) is 24.3 Å². The molecule has 1 N–H and O–H groups in total. The molecule has 1 fully saturated rings. The van der Waals surface area contributed by atoms with Crippen molar-refractivity contribution < 1.29 is 17.9 Å². The molecule has 28 heavy (non-hydrogen) atoms. The number of hydrogen-bond donors (Lipinski definition) is 1. The second-order valence-corrected chi connectivity index (χ2v) is 7.04. The fourth-order valence-electron chi connectivity index (χ4n) is 3.32. The first-order chi connectivity index (χ1) is 12.9. The first-order valence-electron chi connectivity index (χ1n) is 8.95. The average Bonchev–Trinajstić information content (AvgIpc) is 2.66. The summed E-state index contributed by atoms with van der Waals surface area (Å²) in [5.74, 6) is 0.192. The Bertz CT molecular complexity index is 744. The zero-order valence-electron chi connectivity index (χ0n) is 15.2. The molecule has 154 valence electrons. The molecular weight excluding hydrogens is 412 g/mol. The second kappa shape index (κ2) is 10.3. The van der Waals surface area contributed by atoms with E-state index in [-0.39, 0.29) is 24.2 Å². The van der Waals surface area contributed by atoms with Gasteiger partial charge in [-0.05, 0) is 36.6 Å². The standard InChI is InChI=1S/C20H22ClF3N2O.ClH/c21-17-9-10-19(27-14-20(22,23)24)16(12-17)13-25-26-11-5-4-8-18(26)15-6-2-1-3-7-15;/h1-3,6-7,9-10,12,18,25H,4-5,8,11,13-14H2;1H. The smallest absolute Gasteiger partial charge is 0.422 e. The van der Waals surface area contributed by atoms with Gasteiger partial charge in [0, 0.05) is 29.7 Å². The van der Waals surface area contributed by atoms with Crippen LogP contribution in [0.25, 0.3) is 0 Å². The Morgan fingerprint density at radius 1 is 1.11 bits per heavy atom. The molecule has 0 amide bonds. The van der Waals surface area contributed by atoms with Gasteiger partial charge in [0.05, 0.1) is 0 Å². The van der Waals surface area contributed by atoms with Crippen molar-refractivity contribution >= 4 is 24.0 Å². The van der Waals surface area contributed by atoms with Crippen LogP contribution in [0.1, 0.15) is 36.4 Å². The highest BCUT2D eigenvalue weighted by atomic mass is 35.5. The van der Waals surface area contributed by atoms with Crippen molar-refractivity contribution in [1.29, 1.82) is 0 Å². The lowest BCUT2D eigenvalue weighted by atomic mass is 9.97. The summed E-state index contributed by atoms with van der Waals surface area (Å²) < 4.78 is 42.4. The molecular formula is C20H23Cl2F3N2O. The SMILES string of the molecule is Cl.FC(F)(F)COc1ccc(Cl)cc1CNN1CCCCC1c1ccccc1. The van der Waals surface area contributed by atoms with Crippen molar-refractivity contribution in [3.8, 4) is 5.75 Å². The zero-order chi connectivity index (χ0) is 19.3. The highest BCUT2D eigenvalue weighted by Gasteiger charge is 2.29. The molecule has 2 aromatic rings. The summed E-state index contributed by atoms with van der Waals surface area (Å²) in [6.07, 6.45) is -1.13. The molecule has 3 rings (SSSR count). The number of hydrogen-bond acceptors (Lipinski definition) is 3. The van der Waals surface area contributed by atoms with Crippen molar-refractivity contribution in [2.75, 3.05) is 13.2 Å². The maximum atomic E-state index is 12.5. The van der Waals surface area contributed by atoms with E-state index in [1.165, 1.54) is 17.7 Å². The molecule has 1 unspecified atom stereocenters. The first kappa shape index (κ1) is 22.8. The Kier molecular flexibility index (Phi) is 8.43. The maximum absolute atomic E-state index is 12.5. The largest absolute Gasteiger partial charge is 0.484 e. The number of hydrazine groups is 1. The van der Waals surface area contributed by atoms with Crippen LogP contribution in [0.2, 0.25) is 5.02 Å². The minimum absolute atomic E-state index is 0. The summed E-state index contributed by atoms with van der Waals surface area (Å²) >= 11 is 6.03. The second-order valence-electron chi connectivity index (χ2n) is 6.61. The van der Waals surface area contributed by atoms with Crippen molar-refractivity contribution in [3.63, 3.8) is 0 Å². The van der Waals surface area contributed by atoms with Crippen LogP contribution in [-0.2, 0) is 6.54 Å². The number of ether oxygens (including phenoxy) is 1. The van der Waals surface area contributed by atoms with Gasteiger partial charge in [-0.1, -0.05) is 48.4 Å². The lowest BCUT2D eigenvalue weighted by Gasteiger charge is -2.36. The third-order valence-electron chi connectivity index (χ3n) is 4.57. The first-order valence-corrected chi connectivity index (χ1v) is 9.33. The highest BCUT2D eigenvalue weighted by molar-refractivity contribution is 6.30. The number of rotatable bonds is 6. The van der Waals surface area contributed by atoms with E-state index in [1.54, 1.807) is 6.07 Å². The molecule has 0 saturated carbocycles. The molecule has 1 aliphatic heterocycles. The lowest BCUT2D eigenvalue weighted by molar-refractivity contribution is -0.153. The molecule has 0 spiro atoms. The van der Waals surface area contributed by atoms with Crippen LogP contribution in [0.5, 0.6) is 5.75 Å². The van der Waals surface area contributed by atoms with Gasteiger partial charge in [-0.15, -0.1) is 12.4 Å². The minimum Gasteiger partial charge on any atom is -0.484 e. The lowest BCUT2D eigenvalue weighted by Crippen LogP contribution is -2.43. The third kappa shape index (κ3) is 6.55. The topological polar surface area (TPSA) is 24.5 Å². The van der Waals surface area contributed by atoms with E-state index in [2.05, 4.69) is 22.6 Å². The van der Waals surface area contributed by atoms with E-state index in [1.807, 2.05) is 18.2 Å². The Labute approximate surface area is 174 Å². The summed E-state index contributed by atoms with van der Waals surface area (Å²) in [5.41, 5.74) is 5.19. The number of alkyl halides is 3. The summed E-state index contributed by atoms with van der Waals surface area (Å²) in [4.78, 5) is 0. The van der Waals surface area contributed by atoms with Crippen molar-refractivity contribution in [2.45, 2.75) is 38.0 Å². The Morgan fingerprint density at radius 3 is 2.57 bits per heavy atom. The minimum atomic E-state index is -4.38. The third-order valence-corrected chi connectivity index (χ3v) is 4.81. The zero-order valence-corrected chi connectivity index (χ0v) is 16.8. The van der Waals surface area contributed by atoms with Crippen molar-refractivity contribution in [2.24, 2.45) is 0 Å². The maximum Gasteiger partial charge on any atom is 0.422 e. The molecule has 0 aromatic heterocycles. The van der Waals surface area contributed by atoms with Crippen LogP contribution >= 0.6 is 24.0 Å². The van der Waals surface area contributed by atoms with Crippen LogP contribution in [0.15, 0.2) is 48.5 Å². The van der Waals surface area contributed by atoms with E-state index in [4.69, 9.17) is 16.3 Å². The summed E-state index contributed by atoms with van der Waals surface area (Å²) in [5, 5.41) is 2.62. The van der Waals surface area contributed by atoms with E-state index in [0.717, 1.165) is 25.8 Å². The Balaban J connectivity index is 0.00000280. The highest BCUT2D eigenvalue weighted by Crippen LogP contribution is 2.30. The van der Waals surface area contributed by atoms with Crippen LogP contribution in [0.3, 0.4) is 0 Å². The molecule has 1 atom stereocenters. The summed E-state index contributed by atoms with van der Waals surface area (Å²) in [7, 11) is 0. The fourth-order valence-corrected chi connectivity index (χ4v) is 3.51. The van der Waals surface area contributed by atoms with E-state index in [9.17, 15) is 13.2 Å². The predicted octanol–water partition coefficient (Wildman–Crippen LogP) is 5.93. The van der Waals surface area contributed by atoms with Gasteiger partial charge in [0.25, 0.3) is 0 Å². The van der Waals surface area contributed by atoms with E-state index < -0.39 is 12.8 Å². The van der Waals surface area contributed by atoms with Gasteiger partial charge < -0.3 is 4.74 Å². The van der Waals surface area contributed by atoms with E-state index >= 15 is 0 Å². The molecule has 0 radical (unpaired) electrons. The number of nitrogens with one attached hydrogen (secondary N) is 1. The average molecular weight is 435 g/mol. The molecule has 0 aliphatic carbocycles. The van der Waals surface area contributed by atoms with E-state index in [0.29, 0.717) is 17.1 Å². The van der Waals surface area contributed by atoms with Crippen molar-refractivity contribution in [1.82, 2.24) is 10.4 Å². The molecule has 1 saturated heterocycles. The van der Waals surface area contributed by atoms with Crippen LogP contribution in [0.4, 0.5) is 13.2 Å². The van der Waals surface area contributed by atoms with Gasteiger partial charge in [-0.25, -0.2) is 5.01 Å². The molecule has 3 nitrogen and oxygen atoms in total. The summed E-state index contributed by atoms with van der Waals surface area (Å²) in [6, 6.07) is 15.1. The Hall–Kier alpha value is -1.47. The number of piperidine rings is 1. The Morgan fingerprint density at radius 2 is 1.86 bits per heavy atom. The number of nitrogens with zero attached hydrogens (tertiary/aromatic N) is 1. The monoisotopic (exact) mass is 434 g/mol. The van der Waals surface area contributed by atoms with Gasteiger partial charge in [-0.2, -0.15) is 13.2 Å². The predicted molar refractivity (Wildman–Crippen MR) is 107 cm³/mol. The number of halogens is 5. The molecule has 2 aromatic carbocycles. The van der Waals surface area contributed by atoms with Crippen LogP contribution < -0.4 is 10.2 Å². The molecule has 1 heterocycles. The summed E-state index contributed by atoms with van der Waals surface area (Å²) in [6.45, 7) is -0.103. The number of benzene rings is 2. The molecule has 0 bridgehead atoms.